The molecule has 0 spiro atoms. The van der Waals surface area contributed by atoms with Crippen molar-refractivity contribution in [1.82, 2.24) is 0 Å². The molecule has 2 atom stereocenters. The van der Waals surface area contributed by atoms with Gasteiger partial charge in [0.1, 0.15) is 0 Å². The van der Waals surface area contributed by atoms with Crippen molar-refractivity contribution in [2.45, 2.75) is 33.1 Å². The maximum Gasteiger partial charge on any atom is -0.0141 e. The number of allylic oxidation sites excluding steroid dienone is 1. The van der Waals surface area contributed by atoms with Crippen molar-refractivity contribution in [3.05, 3.63) is 12.2 Å². The Bertz CT molecular complexity index is 178. The van der Waals surface area contributed by atoms with Gasteiger partial charge < -0.3 is 0 Å². The zero-order valence-electron chi connectivity index (χ0n) is 6.98. The minimum atomic E-state index is 0.733. The average molecular weight is 136 g/mol. The van der Waals surface area contributed by atoms with Crippen molar-refractivity contribution in [3.63, 3.8) is 0 Å². The molecule has 0 N–H and O–H groups in total. The fourth-order valence-corrected chi connectivity index (χ4v) is 2.64. The van der Waals surface area contributed by atoms with Gasteiger partial charge in [-0.1, -0.05) is 26.0 Å². The van der Waals surface area contributed by atoms with Crippen LogP contribution in [-0.2, 0) is 0 Å². The van der Waals surface area contributed by atoms with Gasteiger partial charge in [0, 0.05) is 0 Å². The summed E-state index contributed by atoms with van der Waals surface area (Å²) < 4.78 is 0. The topological polar surface area (TPSA) is 0 Å². The van der Waals surface area contributed by atoms with Gasteiger partial charge in [0.25, 0.3) is 0 Å². The molecule has 0 aromatic heterocycles. The van der Waals surface area contributed by atoms with Crippen LogP contribution in [0.3, 0.4) is 0 Å². The lowest BCUT2D eigenvalue weighted by atomic mass is 9.90. The van der Waals surface area contributed by atoms with Crippen LogP contribution in [0.15, 0.2) is 12.2 Å². The van der Waals surface area contributed by atoms with Crippen LogP contribution in [0.1, 0.15) is 33.1 Å². The van der Waals surface area contributed by atoms with E-state index < -0.39 is 0 Å². The third kappa shape index (κ3) is 0.574. The second-order valence-electron chi connectivity index (χ2n) is 4.30. The summed E-state index contributed by atoms with van der Waals surface area (Å²) in [6, 6.07) is 0. The molecule has 0 nitrogen and oxygen atoms in total. The molecule has 2 rings (SSSR count). The highest BCUT2D eigenvalue weighted by Gasteiger charge is 2.59. The molecule has 0 aliphatic heterocycles. The minimum Gasteiger partial charge on any atom is -0.0996 e. The van der Waals surface area contributed by atoms with Gasteiger partial charge in [-0.3, -0.25) is 0 Å². The van der Waals surface area contributed by atoms with Crippen LogP contribution in [0.5, 0.6) is 0 Å². The molecule has 0 heteroatoms. The summed E-state index contributed by atoms with van der Waals surface area (Å²) >= 11 is 0. The Morgan fingerprint density at radius 2 is 2.30 bits per heavy atom. The zero-order valence-corrected chi connectivity index (χ0v) is 6.98. The van der Waals surface area contributed by atoms with Gasteiger partial charge in [0.05, 0.1) is 0 Å². The lowest BCUT2D eigenvalue weighted by Crippen LogP contribution is -2.07. The first-order valence-corrected chi connectivity index (χ1v) is 4.34. The average Bonchev–Trinajstić information content (AvgIpc) is 2.52. The van der Waals surface area contributed by atoms with Crippen LogP contribution < -0.4 is 0 Å². The molecule has 56 valence electrons. The summed E-state index contributed by atoms with van der Waals surface area (Å²) in [5, 5.41) is 0. The number of hydrogen-bond donors (Lipinski definition) is 0. The standard InChI is InChI=1S/C10H16/c1-7(2)10-5-4-8(3)9(10)6-10/h7,9H,3-6H2,1-2H3/t9?,10-/m1/s1. The highest BCUT2D eigenvalue weighted by Crippen LogP contribution is 2.69. The molecule has 0 saturated heterocycles. The van der Waals surface area contributed by atoms with Gasteiger partial charge >= 0.3 is 0 Å². The highest BCUT2D eigenvalue weighted by molar-refractivity contribution is 5.26. The van der Waals surface area contributed by atoms with Gasteiger partial charge in [-0.05, 0) is 36.5 Å². The van der Waals surface area contributed by atoms with Crippen LogP contribution in [0.2, 0.25) is 0 Å². The molecule has 2 saturated carbocycles. The largest absolute Gasteiger partial charge is 0.0996 e. The molecule has 2 aliphatic rings. The second kappa shape index (κ2) is 1.66. The van der Waals surface area contributed by atoms with E-state index in [4.69, 9.17) is 0 Å². The Hall–Kier alpha value is -0.260. The fourth-order valence-electron chi connectivity index (χ4n) is 2.64. The molecule has 2 fully saturated rings. The summed E-state index contributed by atoms with van der Waals surface area (Å²) in [5.41, 5.74) is 2.27. The van der Waals surface area contributed by atoms with E-state index in [0.29, 0.717) is 0 Å². The van der Waals surface area contributed by atoms with Gasteiger partial charge in [-0.15, -0.1) is 0 Å². The van der Waals surface area contributed by atoms with Gasteiger partial charge in [-0.25, -0.2) is 0 Å². The van der Waals surface area contributed by atoms with Crippen molar-refractivity contribution in [2.75, 3.05) is 0 Å². The fraction of sp³-hybridized carbons (Fsp3) is 0.800. The summed E-state index contributed by atoms with van der Waals surface area (Å²) in [4.78, 5) is 0. The summed E-state index contributed by atoms with van der Waals surface area (Å²) in [7, 11) is 0. The Balaban J connectivity index is 2.18. The summed E-state index contributed by atoms with van der Waals surface area (Å²) in [5.74, 6) is 1.81. The van der Waals surface area contributed by atoms with E-state index in [1.165, 1.54) is 24.8 Å². The lowest BCUT2D eigenvalue weighted by Gasteiger charge is -2.15. The number of rotatable bonds is 1. The molecule has 0 amide bonds. The maximum atomic E-state index is 4.10. The van der Waals surface area contributed by atoms with Gasteiger partial charge in [0.15, 0.2) is 0 Å². The minimum absolute atomic E-state index is 0.733. The van der Waals surface area contributed by atoms with Crippen molar-refractivity contribution in [1.29, 1.82) is 0 Å². The molecule has 1 unspecified atom stereocenters. The first-order chi connectivity index (χ1) is 4.67. The van der Waals surface area contributed by atoms with E-state index in [9.17, 15) is 0 Å². The Morgan fingerprint density at radius 1 is 1.60 bits per heavy atom. The maximum absolute atomic E-state index is 4.10. The van der Waals surface area contributed by atoms with Crippen molar-refractivity contribution < 1.29 is 0 Å². The number of hydrogen-bond acceptors (Lipinski definition) is 0. The third-order valence-corrected chi connectivity index (χ3v) is 3.67. The molecule has 2 aliphatic carbocycles. The molecule has 0 heterocycles. The van der Waals surface area contributed by atoms with Crippen molar-refractivity contribution in [2.24, 2.45) is 17.3 Å². The predicted octanol–water partition coefficient (Wildman–Crippen LogP) is 3.00. The van der Waals surface area contributed by atoms with Gasteiger partial charge in [-0.2, -0.15) is 0 Å². The van der Waals surface area contributed by atoms with E-state index >= 15 is 0 Å². The van der Waals surface area contributed by atoms with Crippen LogP contribution in [-0.4, -0.2) is 0 Å². The van der Waals surface area contributed by atoms with E-state index in [2.05, 4.69) is 20.4 Å². The van der Waals surface area contributed by atoms with Crippen LogP contribution in [0.25, 0.3) is 0 Å². The highest BCUT2D eigenvalue weighted by atomic mass is 14.6. The SMILES string of the molecule is C=C1CC[C@]2(C(C)C)CC12. The molecule has 0 radical (unpaired) electrons. The molecular formula is C10H16. The molecule has 10 heavy (non-hydrogen) atoms. The molecule has 0 aromatic rings. The first kappa shape index (κ1) is 6.45. The smallest absolute Gasteiger partial charge is 0.0141 e. The second-order valence-corrected chi connectivity index (χ2v) is 4.30. The molecule has 0 aromatic carbocycles. The van der Waals surface area contributed by atoms with Crippen molar-refractivity contribution >= 4 is 0 Å². The molecule has 0 bridgehead atoms. The Morgan fingerprint density at radius 3 is 2.50 bits per heavy atom. The first-order valence-electron chi connectivity index (χ1n) is 4.34. The summed E-state index contributed by atoms with van der Waals surface area (Å²) in [6.07, 6.45) is 4.18. The zero-order chi connectivity index (χ0) is 7.35. The molecular weight excluding hydrogens is 120 g/mol. The van der Waals surface area contributed by atoms with Crippen LogP contribution in [0, 0.1) is 17.3 Å². The Labute approximate surface area is 63.3 Å². The Kier molecular flexibility index (Phi) is 1.07. The van der Waals surface area contributed by atoms with Crippen molar-refractivity contribution in [3.8, 4) is 0 Å². The van der Waals surface area contributed by atoms with Crippen LogP contribution >= 0.6 is 0 Å². The summed E-state index contributed by atoms with van der Waals surface area (Å²) in [6.45, 7) is 8.82. The van der Waals surface area contributed by atoms with E-state index in [1.54, 1.807) is 0 Å². The van der Waals surface area contributed by atoms with E-state index in [1.807, 2.05) is 0 Å². The third-order valence-electron chi connectivity index (χ3n) is 3.67. The van der Waals surface area contributed by atoms with Gasteiger partial charge in [0.2, 0.25) is 0 Å². The van der Waals surface area contributed by atoms with E-state index in [-0.39, 0.29) is 0 Å². The van der Waals surface area contributed by atoms with Crippen LogP contribution in [0.4, 0.5) is 0 Å². The predicted molar refractivity (Wildman–Crippen MR) is 43.8 cm³/mol. The van der Waals surface area contributed by atoms with E-state index in [0.717, 1.165) is 17.3 Å². The normalized spacial score (nSPS) is 44.3. The monoisotopic (exact) mass is 136 g/mol. The number of fused-ring (bicyclic) bond motifs is 1. The quantitative estimate of drug-likeness (QED) is 0.486. The lowest BCUT2D eigenvalue weighted by molar-refractivity contribution is 0.344.